The molecule has 0 heterocycles. The van der Waals surface area contributed by atoms with Gasteiger partial charge >= 0.3 is 12.1 Å². The molecule has 0 amide bonds. The minimum atomic E-state index is -4.51. The molecule has 1 aromatic rings. The Morgan fingerprint density at radius 1 is 0.893 bits per heavy atom. The monoisotopic (exact) mass is 402 g/mol. The summed E-state index contributed by atoms with van der Waals surface area (Å²) < 4.78 is 50.9. The van der Waals surface area contributed by atoms with Crippen LogP contribution in [0.1, 0.15) is 83.1 Å². The Labute approximate surface area is 166 Å². The van der Waals surface area contributed by atoms with Crippen LogP contribution in [0.3, 0.4) is 0 Å². The Bertz CT molecular complexity index is 541. The highest BCUT2D eigenvalue weighted by atomic mass is 19.4. The highest BCUT2D eigenvalue weighted by molar-refractivity contribution is 5.70. The number of rotatable bonds is 14. The normalized spacial score (nSPS) is 12.6. The second kappa shape index (κ2) is 13.5. The van der Waals surface area contributed by atoms with Crippen LogP contribution in [-0.2, 0) is 9.53 Å². The molecule has 1 atom stereocenters. The van der Waals surface area contributed by atoms with Crippen molar-refractivity contribution in [3.8, 4) is 5.75 Å². The molecule has 6 heteroatoms. The van der Waals surface area contributed by atoms with Crippen LogP contribution in [0.25, 0.3) is 0 Å². The first-order valence-corrected chi connectivity index (χ1v) is 10.3. The fourth-order valence-corrected chi connectivity index (χ4v) is 2.88. The summed E-state index contributed by atoms with van der Waals surface area (Å²) in [5.41, 5.74) is 0.0498. The molecule has 1 aromatic carbocycles. The van der Waals surface area contributed by atoms with Gasteiger partial charge in [0.25, 0.3) is 0 Å². The predicted molar refractivity (Wildman–Crippen MR) is 105 cm³/mol. The molecule has 28 heavy (non-hydrogen) atoms. The number of esters is 1. The van der Waals surface area contributed by atoms with E-state index in [4.69, 9.17) is 9.47 Å². The third-order valence-corrected chi connectivity index (χ3v) is 4.58. The molecule has 0 radical (unpaired) electrons. The maximum atomic E-state index is 13.4. The number of hydrogen-bond donors (Lipinski definition) is 0. The van der Waals surface area contributed by atoms with E-state index in [1.165, 1.54) is 24.3 Å². The van der Waals surface area contributed by atoms with E-state index in [0.29, 0.717) is 18.8 Å². The van der Waals surface area contributed by atoms with E-state index in [9.17, 15) is 18.0 Å². The van der Waals surface area contributed by atoms with Crippen LogP contribution in [0.5, 0.6) is 5.75 Å². The first-order chi connectivity index (χ1) is 13.4. The Hall–Kier alpha value is -1.72. The lowest BCUT2D eigenvalue weighted by Crippen LogP contribution is -2.24. The van der Waals surface area contributed by atoms with E-state index >= 15 is 0 Å². The summed E-state index contributed by atoms with van der Waals surface area (Å²) in [6.07, 6.45) is 2.72. The topological polar surface area (TPSA) is 35.5 Å². The SMILES string of the molecule is CCCCCCOC(=O)CC(c1ccc(OCCCCCC)cc1)C(F)(F)F. The number of halogens is 3. The van der Waals surface area contributed by atoms with E-state index in [2.05, 4.69) is 13.8 Å². The lowest BCUT2D eigenvalue weighted by atomic mass is 9.95. The van der Waals surface area contributed by atoms with Crippen molar-refractivity contribution in [2.24, 2.45) is 0 Å². The summed E-state index contributed by atoms with van der Waals surface area (Å²) in [4.78, 5) is 11.9. The van der Waals surface area contributed by atoms with E-state index in [0.717, 1.165) is 44.9 Å². The van der Waals surface area contributed by atoms with Crippen molar-refractivity contribution in [3.63, 3.8) is 0 Å². The molecular weight excluding hydrogens is 369 g/mol. The Morgan fingerprint density at radius 3 is 2.00 bits per heavy atom. The van der Waals surface area contributed by atoms with Crippen molar-refractivity contribution in [2.45, 2.75) is 83.7 Å². The van der Waals surface area contributed by atoms with Crippen molar-refractivity contribution in [1.29, 1.82) is 0 Å². The average molecular weight is 402 g/mol. The first-order valence-electron chi connectivity index (χ1n) is 10.3. The molecule has 0 aromatic heterocycles. The molecule has 3 nitrogen and oxygen atoms in total. The van der Waals surface area contributed by atoms with Gasteiger partial charge in [-0.3, -0.25) is 4.79 Å². The van der Waals surface area contributed by atoms with Crippen molar-refractivity contribution in [1.82, 2.24) is 0 Å². The third-order valence-electron chi connectivity index (χ3n) is 4.58. The van der Waals surface area contributed by atoms with E-state index in [1.807, 2.05) is 0 Å². The van der Waals surface area contributed by atoms with Crippen LogP contribution in [0.2, 0.25) is 0 Å². The Morgan fingerprint density at radius 2 is 1.46 bits per heavy atom. The van der Waals surface area contributed by atoms with Crippen LogP contribution in [0, 0.1) is 0 Å². The van der Waals surface area contributed by atoms with E-state index < -0.39 is 24.5 Å². The van der Waals surface area contributed by atoms with Crippen LogP contribution in [-0.4, -0.2) is 25.4 Å². The average Bonchev–Trinajstić information content (AvgIpc) is 2.65. The van der Waals surface area contributed by atoms with Crippen molar-refractivity contribution in [3.05, 3.63) is 29.8 Å². The lowest BCUT2D eigenvalue weighted by molar-refractivity contribution is -0.166. The highest BCUT2D eigenvalue weighted by Crippen LogP contribution is 2.38. The van der Waals surface area contributed by atoms with Gasteiger partial charge in [-0.25, -0.2) is 0 Å². The van der Waals surface area contributed by atoms with Gasteiger partial charge in [-0.15, -0.1) is 0 Å². The van der Waals surface area contributed by atoms with Gasteiger partial charge in [-0.2, -0.15) is 13.2 Å². The number of benzene rings is 1. The van der Waals surface area contributed by atoms with Crippen molar-refractivity contribution < 1.29 is 27.4 Å². The van der Waals surface area contributed by atoms with Crippen LogP contribution in [0.4, 0.5) is 13.2 Å². The third kappa shape index (κ3) is 10.00. The van der Waals surface area contributed by atoms with Gasteiger partial charge in [0.1, 0.15) is 5.75 Å². The summed E-state index contributed by atoms with van der Waals surface area (Å²) in [5, 5.41) is 0. The second-order valence-corrected chi connectivity index (χ2v) is 7.06. The fraction of sp³-hybridized carbons (Fsp3) is 0.682. The summed E-state index contributed by atoms with van der Waals surface area (Å²) >= 11 is 0. The van der Waals surface area contributed by atoms with Crippen LogP contribution in [0.15, 0.2) is 24.3 Å². The summed E-state index contributed by atoms with van der Waals surface area (Å²) in [7, 11) is 0. The minimum Gasteiger partial charge on any atom is -0.494 e. The van der Waals surface area contributed by atoms with Crippen LogP contribution < -0.4 is 4.74 Å². The number of carbonyl (C=O) groups is 1. The molecule has 0 aliphatic rings. The fourth-order valence-electron chi connectivity index (χ4n) is 2.88. The molecule has 0 fully saturated rings. The maximum absolute atomic E-state index is 13.4. The Kier molecular flexibility index (Phi) is 11.7. The zero-order chi connectivity index (χ0) is 20.8. The van der Waals surface area contributed by atoms with Gasteiger partial charge in [-0.05, 0) is 30.5 Å². The molecule has 1 rings (SSSR count). The quantitative estimate of drug-likeness (QED) is 0.253. The zero-order valence-electron chi connectivity index (χ0n) is 17.0. The maximum Gasteiger partial charge on any atom is 0.396 e. The Balaban J connectivity index is 2.56. The molecule has 0 aliphatic heterocycles. The highest BCUT2D eigenvalue weighted by Gasteiger charge is 2.42. The molecule has 0 bridgehead atoms. The zero-order valence-corrected chi connectivity index (χ0v) is 17.0. The second-order valence-electron chi connectivity index (χ2n) is 7.06. The molecule has 0 aliphatic carbocycles. The lowest BCUT2D eigenvalue weighted by Gasteiger charge is -2.20. The van der Waals surface area contributed by atoms with Gasteiger partial charge in [0.15, 0.2) is 0 Å². The van der Waals surface area contributed by atoms with Gasteiger partial charge in [0.2, 0.25) is 0 Å². The van der Waals surface area contributed by atoms with Gasteiger partial charge in [0, 0.05) is 0 Å². The largest absolute Gasteiger partial charge is 0.494 e. The van der Waals surface area contributed by atoms with Crippen molar-refractivity contribution >= 4 is 5.97 Å². The molecule has 1 unspecified atom stereocenters. The molecule has 0 N–H and O–H groups in total. The molecular formula is C22H33F3O3. The standard InChI is InChI=1S/C22H33F3O3/c1-3-5-7-9-15-27-19-13-11-18(12-14-19)20(22(23,24)25)17-21(26)28-16-10-8-6-4-2/h11-14,20H,3-10,15-17H2,1-2H3. The molecule has 0 spiro atoms. The molecule has 0 saturated carbocycles. The molecule has 0 saturated heterocycles. The first kappa shape index (κ1) is 24.3. The minimum absolute atomic E-state index is 0.0498. The van der Waals surface area contributed by atoms with Crippen molar-refractivity contribution in [2.75, 3.05) is 13.2 Å². The van der Waals surface area contributed by atoms with Gasteiger partial charge in [0.05, 0.1) is 25.6 Å². The number of hydrogen-bond acceptors (Lipinski definition) is 3. The summed E-state index contributed by atoms with van der Waals surface area (Å²) in [6.45, 7) is 4.90. The molecule has 160 valence electrons. The number of ether oxygens (including phenoxy) is 2. The van der Waals surface area contributed by atoms with E-state index in [1.54, 1.807) is 0 Å². The smallest absolute Gasteiger partial charge is 0.396 e. The van der Waals surface area contributed by atoms with Gasteiger partial charge in [-0.1, -0.05) is 64.5 Å². The van der Waals surface area contributed by atoms with E-state index in [-0.39, 0.29) is 12.2 Å². The number of alkyl halides is 3. The number of carbonyl (C=O) groups excluding carboxylic acids is 1. The summed E-state index contributed by atoms with van der Waals surface area (Å²) in [6, 6.07) is 5.83. The van der Waals surface area contributed by atoms with Crippen LogP contribution >= 0.6 is 0 Å². The number of unbranched alkanes of at least 4 members (excludes halogenated alkanes) is 6. The predicted octanol–water partition coefficient (Wildman–Crippen LogP) is 6.81. The summed E-state index contributed by atoms with van der Waals surface area (Å²) in [5.74, 6) is -2.14. The van der Waals surface area contributed by atoms with Gasteiger partial charge < -0.3 is 9.47 Å².